The molecule has 0 aromatic heterocycles. The van der Waals surface area contributed by atoms with Crippen LogP contribution in [0, 0.1) is 0 Å². The molecule has 4 nitrogen and oxygen atoms in total. The molecule has 0 saturated carbocycles. The minimum atomic E-state index is -1.13. The van der Waals surface area contributed by atoms with Crippen LogP contribution in [0.5, 0.6) is 0 Å². The SMILES string of the molecule is CCCCCCCCCCC(N)C(=O)[O-].[NH4+]. The van der Waals surface area contributed by atoms with Crippen LogP contribution in [0.4, 0.5) is 0 Å². The van der Waals surface area contributed by atoms with Gasteiger partial charge in [0.2, 0.25) is 0 Å². The van der Waals surface area contributed by atoms with Crippen molar-refractivity contribution in [2.75, 3.05) is 0 Å². The van der Waals surface area contributed by atoms with E-state index in [1.54, 1.807) is 0 Å². The Labute approximate surface area is 99.2 Å². The van der Waals surface area contributed by atoms with Crippen molar-refractivity contribution in [3.63, 3.8) is 0 Å². The van der Waals surface area contributed by atoms with Crippen LogP contribution < -0.4 is 17.0 Å². The third-order valence-electron chi connectivity index (χ3n) is 2.67. The maximum atomic E-state index is 10.3. The predicted octanol–water partition coefficient (Wildman–Crippen LogP) is 1.97. The van der Waals surface area contributed by atoms with E-state index in [0.717, 1.165) is 12.8 Å². The normalized spacial score (nSPS) is 11.9. The zero-order valence-corrected chi connectivity index (χ0v) is 10.8. The zero-order valence-electron chi connectivity index (χ0n) is 10.8. The van der Waals surface area contributed by atoms with E-state index in [-0.39, 0.29) is 6.15 Å². The summed E-state index contributed by atoms with van der Waals surface area (Å²) in [5, 5.41) is 10.3. The van der Waals surface area contributed by atoms with Gasteiger partial charge in [0.15, 0.2) is 0 Å². The van der Waals surface area contributed by atoms with E-state index in [0.29, 0.717) is 6.42 Å². The number of hydrogen-bond acceptors (Lipinski definition) is 3. The number of carbonyl (C=O) groups is 1. The first-order chi connectivity index (χ1) is 7.18. The molecule has 16 heavy (non-hydrogen) atoms. The minimum Gasteiger partial charge on any atom is -0.548 e. The van der Waals surface area contributed by atoms with Crippen LogP contribution in [0.15, 0.2) is 0 Å². The van der Waals surface area contributed by atoms with Gasteiger partial charge in [0, 0.05) is 6.04 Å². The van der Waals surface area contributed by atoms with Gasteiger partial charge in [-0.05, 0) is 6.42 Å². The number of carboxylic acid groups (broad SMARTS) is 1. The molecule has 0 saturated heterocycles. The van der Waals surface area contributed by atoms with Crippen LogP contribution >= 0.6 is 0 Å². The smallest absolute Gasteiger partial charge is 0.0582 e. The molecule has 0 fully saturated rings. The topological polar surface area (TPSA) is 103 Å². The van der Waals surface area contributed by atoms with Crippen LogP contribution in [0.25, 0.3) is 0 Å². The highest BCUT2D eigenvalue weighted by Gasteiger charge is 2.01. The van der Waals surface area contributed by atoms with E-state index >= 15 is 0 Å². The van der Waals surface area contributed by atoms with Crippen LogP contribution in [0.3, 0.4) is 0 Å². The van der Waals surface area contributed by atoms with Crippen molar-refractivity contribution in [1.29, 1.82) is 0 Å². The predicted molar refractivity (Wildman–Crippen MR) is 66.2 cm³/mol. The molecule has 0 bridgehead atoms. The first-order valence-electron chi connectivity index (χ1n) is 6.15. The first-order valence-corrected chi connectivity index (χ1v) is 6.15. The van der Waals surface area contributed by atoms with Crippen LogP contribution in [0.2, 0.25) is 0 Å². The highest BCUT2D eigenvalue weighted by atomic mass is 16.4. The summed E-state index contributed by atoms with van der Waals surface area (Å²) in [5.41, 5.74) is 5.33. The standard InChI is InChI=1S/C12H25NO2.H3N/c1-2-3-4-5-6-7-8-9-10-11(13)12(14)15;/h11H,2-10,13H2,1H3,(H,14,15);1H3. The molecular weight excluding hydrogens is 204 g/mol. The van der Waals surface area contributed by atoms with E-state index in [2.05, 4.69) is 6.92 Å². The number of aliphatic carboxylic acids is 1. The second-order valence-electron chi connectivity index (χ2n) is 4.19. The Hall–Kier alpha value is -0.610. The molecule has 0 aliphatic rings. The van der Waals surface area contributed by atoms with Crippen molar-refractivity contribution in [1.82, 2.24) is 6.15 Å². The molecule has 0 aromatic carbocycles. The highest BCUT2D eigenvalue weighted by Crippen LogP contribution is 2.09. The van der Waals surface area contributed by atoms with Gasteiger partial charge in [-0.2, -0.15) is 0 Å². The molecule has 0 aliphatic heterocycles. The van der Waals surface area contributed by atoms with Crippen molar-refractivity contribution in [3.05, 3.63) is 0 Å². The molecule has 6 N–H and O–H groups in total. The van der Waals surface area contributed by atoms with E-state index in [4.69, 9.17) is 5.73 Å². The minimum absolute atomic E-state index is 0. The molecule has 1 unspecified atom stereocenters. The van der Waals surface area contributed by atoms with Gasteiger partial charge in [-0.1, -0.05) is 58.3 Å². The molecule has 0 spiro atoms. The number of carbonyl (C=O) groups excluding carboxylic acids is 1. The van der Waals surface area contributed by atoms with Gasteiger partial charge in [-0.3, -0.25) is 0 Å². The summed E-state index contributed by atoms with van der Waals surface area (Å²) in [6, 6.07) is -0.773. The maximum absolute atomic E-state index is 10.3. The van der Waals surface area contributed by atoms with Crippen LogP contribution in [-0.2, 0) is 4.79 Å². The zero-order chi connectivity index (χ0) is 11.5. The summed E-state index contributed by atoms with van der Waals surface area (Å²) >= 11 is 0. The lowest BCUT2D eigenvalue weighted by Gasteiger charge is -2.11. The average molecular weight is 232 g/mol. The van der Waals surface area contributed by atoms with Gasteiger partial charge < -0.3 is 21.8 Å². The third-order valence-corrected chi connectivity index (χ3v) is 2.67. The van der Waals surface area contributed by atoms with Crippen molar-refractivity contribution < 1.29 is 9.90 Å². The molecule has 0 aliphatic carbocycles. The summed E-state index contributed by atoms with van der Waals surface area (Å²) in [4.78, 5) is 10.3. The number of quaternary nitrogens is 1. The molecule has 0 heterocycles. The fourth-order valence-electron chi connectivity index (χ4n) is 1.62. The van der Waals surface area contributed by atoms with Crippen LogP contribution in [0.1, 0.15) is 64.7 Å². The highest BCUT2D eigenvalue weighted by molar-refractivity contribution is 5.70. The Morgan fingerprint density at radius 1 is 1.06 bits per heavy atom. The molecular formula is C12H28N2O2. The lowest BCUT2D eigenvalue weighted by Crippen LogP contribution is -2.41. The number of unbranched alkanes of at least 4 members (excludes halogenated alkanes) is 7. The maximum Gasteiger partial charge on any atom is 0.0582 e. The Morgan fingerprint density at radius 2 is 1.50 bits per heavy atom. The summed E-state index contributed by atoms with van der Waals surface area (Å²) < 4.78 is 0. The van der Waals surface area contributed by atoms with Gasteiger partial charge in [0.05, 0.1) is 5.97 Å². The van der Waals surface area contributed by atoms with E-state index in [9.17, 15) is 9.90 Å². The largest absolute Gasteiger partial charge is 0.548 e. The van der Waals surface area contributed by atoms with Crippen LogP contribution in [-0.4, -0.2) is 12.0 Å². The molecule has 0 aromatic rings. The van der Waals surface area contributed by atoms with E-state index in [1.807, 2.05) is 0 Å². The second kappa shape index (κ2) is 12.5. The van der Waals surface area contributed by atoms with Gasteiger partial charge in [0.25, 0.3) is 0 Å². The Kier molecular flexibility index (Phi) is 13.8. The summed E-state index contributed by atoms with van der Waals surface area (Å²) in [6.45, 7) is 2.21. The average Bonchev–Trinajstić information content (AvgIpc) is 2.21. The van der Waals surface area contributed by atoms with Gasteiger partial charge in [-0.25, -0.2) is 0 Å². The fraction of sp³-hybridized carbons (Fsp3) is 0.917. The number of carboxylic acids is 1. The van der Waals surface area contributed by atoms with Crippen molar-refractivity contribution in [3.8, 4) is 0 Å². The molecule has 0 amide bonds. The Bertz CT molecular complexity index is 163. The molecule has 0 radical (unpaired) electrons. The van der Waals surface area contributed by atoms with Gasteiger partial charge >= 0.3 is 0 Å². The monoisotopic (exact) mass is 232 g/mol. The first kappa shape index (κ1) is 17.8. The quantitative estimate of drug-likeness (QED) is 0.563. The third kappa shape index (κ3) is 11.5. The molecule has 98 valence electrons. The fourth-order valence-corrected chi connectivity index (χ4v) is 1.62. The molecule has 4 heteroatoms. The molecule has 1 atom stereocenters. The number of nitrogens with two attached hydrogens (primary N) is 1. The Balaban J connectivity index is 0. The van der Waals surface area contributed by atoms with Crippen molar-refractivity contribution >= 4 is 5.97 Å². The summed E-state index contributed by atoms with van der Waals surface area (Å²) in [6.07, 6.45) is 10.3. The molecule has 0 rings (SSSR count). The van der Waals surface area contributed by atoms with E-state index < -0.39 is 12.0 Å². The lowest BCUT2D eigenvalue weighted by atomic mass is 10.1. The summed E-state index contributed by atoms with van der Waals surface area (Å²) in [7, 11) is 0. The summed E-state index contributed by atoms with van der Waals surface area (Å²) in [5.74, 6) is -1.13. The van der Waals surface area contributed by atoms with Crippen molar-refractivity contribution in [2.45, 2.75) is 70.8 Å². The number of hydrogen-bond donors (Lipinski definition) is 2. The van der Waals surface area contributed by atoms with E-state index in [1.165, 1.54) is 38.5 Å². The van der Waals surface area contributed by atoms with Gasteiger partial charge in [-0.15, -0.1) is 0 Å². The Morgan fingerprint density at radius 3 is 1.94 bits per heavy atom. The lowest BCUT2D eigenvalue weighted by molar-refractivity contribution is -0.307. The second-order valence-corrected chi connectivity index (χ2v) is 4.19. The van der Waals surface area contributed by atoms with Gasteiger partial charge in [0.1, 0.15) is 0 Å². The van der Waals surface area contributed by atoms with Crippen molar-refractivity contribution in [2.24, 2.45) is 5.73 Å². The number of rotatable bonds is 10.